The lowest BCUT2D eigenvalue weighted by Gasteiger charge is -2.21. The van der Waals surface area contributed by atoms with Crippen molar-refractivity contribution in [3.8, 4) is 0 Å². The molecule has 130 valence electrons. The molecule has 0 aromatic heterocycles. The maximum absolute atomic E-state index is 12.5. The summed E-state index contributed by atoms with van der Waals surface area (Å²) in [7, 11) is 0. The predicted molar refractivity (Wildman–Crippen MR) is 92.1 cm³/mol. The highest BCUT2D eigenvalue weighted by molar-refractivity contribution is 6.12. The Bertz CT molecular complexity index is 702. The zero-order chi connectivity index (χ0) is 17.6. The zero-order valence-corrected chi connectivity index (χ0v) is 14.0. The van der Waals surface area contributed by atoms with Crippen molar-refractivity contribution in [3.63, 3.8) is 0 Å². The van der Waals surface area contributed by atoms with Gasteiger partial charge >= 0.3 is 5.97 Å². The molecule has 0 radical (unpaired) electrons. The highest BCUT2D eigenvalue weighted by atomic mass is 16.5. The summed E-state index contributed by atoms with van der Waals surface area (Å²) in [5.74, 6) is -0.340. The van der Waals surface area contributed by atoms with Crippen LogP contribution >= 0.6 is 0 Å². The molecule has 1 heterocycles. The van der Waals surface area contributed by atoms with E-state index in [1.54, 1.807) is 0 Å². The van der Waals surface area contributed by atoms with Gasteiger partial charge in [0.15, 0.2) is 0 Å². The van der Waals surface area contributed by atoms with Crippen molar-refractivity contribution in [2.24, 2.45) is 5.92 Å². The molecule has 2 aliphatic rings. The third-order valence-corrected chi connectivity index (χ3v) is 4.49. The van der Waals surface area contributed by atoms with Gasteiger partial charge in [-0.1, -0.05) is 30.3 Å². The van der Waals surface area contributed by atoms with Gasteiger partial charge < -0.3 is 4.74 Å². The van der Waals surface area contributed by atoms with Crippen molar-refractivity contribution in [1.82, 2.24) is 4.90 Å². The SMILES string of the molecule is O=C(OC1=CCC1)C(CCCN1C(=O)C=CC1=O)Cc1ccccc1. The zero-order valence-electron chi connectivity index (χ0n) is 14.0. The quantitative estimate of drug-likeness (QED) is 0.540. The van der Waals surface area contributed by atoms with Crippen LogP contribution in [-0.2, 0) is 25.5 Å². The number of esters is 1. The van der Waals surface area contributed by atoms with Crippen molar-refractivity contribution >= 4 is 17.8 Å². The van der Waals surface area contributed by atoms with Crippen LogP contribution in [0, 0.1) is 5.92 Å². The third-order valence-electron chi connectivity index (χ3n) is 4.49. The molecule has 1 aliphatic carbocycles. The first-order chi connectivity index (χ1) is 12.1. The minimum atomic E-state index is -0.287. The second kappa shape index (κ2) is 7.92. The number of carbonyl (C=O) groups is 3. The molecule has 5 nitrogen and oxygen atoms in total. The van der Waals surface area contributed by atoms with E-state index in [0.717, 1.165) is 24.2 Å². The summed E-state index contributed by atoms with van der Waals surface area (Å²) in [6, 6.07) is 9.80. The highest BCUT2D eigenvalue weighted by Crippen LogP contribution is 2.23. The summed E-state index contributed by atoms with van der Waals surface area (Å²) in [4.78, 5) is 36.9. The molecule has 0 fully saturated rings. The van der Waals surface area contributed by atoms with Gasteiger partial charge in [-0.05, 0) is 37.3 Å². The van der Waals surface area contributed by atoms with Crippen molar-refractivity contribution in [3.05, 3.63) is 59.9 Å². The van der Waals surface area contributed by atoms with Crippen molar-refractivity contribution in [1.29, 1.82) is 0 Å². The summed E-state index contributed by atoms with van der Waals surface area (Å²) >= 11 is 0. The molecule has 1 aliphatic heterocycles. The first-order valence-electron chi connectivity index (χ1n) is 8.61. The fourth-order valence-corrected chi connectivity index (χ4v) is 2.92. The normalized spacial score (nSPS) is 17.3. The number of hydrogen-bond donors (Lipinski definition) is 0. The smallest absolute Gasteiger partial charge is 0.314 e. The largest absolute Gasteiger partial charge is 0.431 e. The van der Waals surface area contributed by atoms with Crippen molar-refractivity contribution in [2.45, 2.75) is 32.1 Å². The average molecular weight is 339 g/mol. The van der Waals surface area contributed by atoms with Crippen molar-refractivity contribution in [2.75, 3.05) is 6.54 Å². The van der Waals surface area contributed by atoms with Crippen molar-refractivity contribution < 1.29 is 19.1 Å². The Kier molecular flexibility index (Phi) is 5.43. The van der Waals surface area contributed by atoms with Crippen LogP contribution in [0.5, 0.6) is 0 Å². The Morgan fingerprint density at radius 1 is 1.12 bits per heavy atom. The lowest BCUT2D eigenvalue weighted by molar-refractivity contribution is -0.145. The molecule has 1 aromatic rings. The second-order valence-corrected chi connectivity index (χ2v) is 6.32. The molecule has 2 amide bonds. The molecule has 1 unspecified atom stereocenters. The minimum Gasteiger partial charge on any atom is -0.431 e. The lowest BCUT2D eigenvalue weighted by atomic mass is 9.94. The number of allylic oxidation sites excluding steroid dienone is 2. The Morgan fingerprint density at radius 3 is 2.40 bits per heavy atom. The molecule has 25 heavy (non-hydrogen) atoms. The standard InChI is InChI=1S/C20H21NO4/c22-18-11-12-19(23)21(18)13-5-8-16(14-15-6-2-1-3-7-15)20(24)25-17-9-4-10-17/h1-3,6-7,9,11-12,16H,4-5,8,10,13-14H2. The lowest BCUT2D eigenvalue weighted by Crippen LogP contribution is -2.31. The summed E-state index contributed by atoms with van der Waals surface area (Å²) in [6.45, 7) is 0.325. The van der Waals surface area contributed by atoms with E-state index in [1.165, 1.54) is 17.1 Å². The Balaban J connectivity index is 1.58. The number of imide groups is 1. The third kappa shape index (κ3) is 4.44. The van der Waals surface area contributed by atoms with Crippen LogP contribution in [0.3, 0.4) is 0 Å². The fraction of sp³-hybridized carbons (Fsp3) is 0.350. The Morgan fingerprint density at radius 2 is 1.80 bits per heavy atom. The number of rotatable bonds is 8. The van der Waals surface area contributed by atoms with Crippen LogP contribution in [0.2, 0.25) is 0 Å². The van der Waals surface area contributed by atoms with Crippen LogP contribution < -0.4 is 0 Å². The van der Waals surface area contributed by atoms with Gasteiger partial charge in [-0.25, -0.2) is 0 Å². The number of nitrogens with zero attached hydrogens (tertiary/aromatic N) is 1. The van der Waals surface area contributed by atoms with Crippen LogP contribution in [0.25, 0.3) is 0 Å². The molecule has 0 saturated carbocycles. The predicted octanol–water partition coefficient (Wildman–Crippen LogP) is 2.77. The molecule has 1 aromatic carbocycles. The van der Waals surface area contributed by atoms with E-state index >= 15 is 0 Å². The van der Waals surface area contributed by atoms with E-state index in [0.29, 0.717) is 25.8 Å². The first kappa shape index (κ1) is 17.1. The van der Waals surface area contributed by atoms with Crippen LogP contribution in [0.15, 0.2) is 54.3 Å². The molecule has 3 rings (SSSR count). The van der Waals surface area contributed by atoms with Crippen LogP contribution in [0.1, 0.15) is 31.2 Å². The van der Waals surface area contributed by atoms with E-state index in [4.69, 9.17) is 4.74 Å². The van der Waals surface area contributed by atoms with E-state index in [-0.39, 0.29) is 23.7 Å². The molecule has 0 bridgehead atoms. The number of amides is 2. The summed E-state index contributed by atoms with van der Waals surface area (Å²) in [6.07, 6.45) is 7.98. The highest BCUT2D eigenvalue weighted by Gasteiger charge is 2.26. The molecule has 1 atom stereocenters. The maximum Gasteiger partial charge on any atom is 0.314 e. The number of carbonyl (C=O) groups excluding carboxylic acids is 3. The molecular weight excluding hydrogens is 318 g/mol. The Labute approximate surface area is 147 Å². The van der Waals surface area contributed by atoms with Gasteiger partial charge in [-0.15, -0.1) is 0 Å². The monoisotopic (exact) mass is 339 g/mol. The van der Waals surface area contributed by atoms with Gasteiger partial charge in [-0.3, -0.25) is 19.3 Å². The average Bonchev–Trinajstić information content (AvgIpc) is 2.90. The summed E-state index contributed by atoms with van der Waals surface area (Å²) in [5, 5.41) is 0. The van der Waals surface area contributed by atoms with Crippen LogP contribution in [-0.4, -0.2) is 29.2 Å². The molecule has 0 N–H and O–H groups in total. The van der Waals surface area contributed by atoms with Gasteiger partial charge in [0.1, 0.15) is 5.76 Å². The minimum absolute atomic E-state index is 0.230. The second-order valence-electron chi connectivity index (χ2n) is 6.32. The topological polar surface area (TPSA) is 63.7 Å². The number of hydrogen-bond acceptors (Lipinski definition) is 4. The Hall–Kier alpha value is -2.69. The van der Waals surface area contributed by atoms with E-state index in [9.17, 15) is 14.4 Å². The van der Waals surface area contributed by atoms with E-state index in [2.05, 4.69) is 0 Å². The van der Waals surface area contributed by atoms with Gasteiger partial charge in [0.25, 0.3) is 11.8 Å². The molecule has 0 saturated heterocycles. The van der Waals surface area contributed by atoms with Crippen LogP contribution in [0.4, 0.5) is 0 Å². The first-order valence-corrected chi connectivity index (χ1v) is 8.61. The molecular formula is C20H21NO4. The van der Waals surface area contributed by atoms with Gasteiger partial charge in [0.2, 0.25) is 0 Å². The van der Waals surface area contributed by atoms with Gasteiger partial charge in [-0.2, -0.15) is 0 Å². The number of ether oxygens (including phenoxy) is 1. The number of benzene rings is 1. The van der Waals surface area contributed by atoms with Gasteiger partial charge in [0.05, 0.1) is 5.92 Å². The summed E-state index contributed by atoms with van der Waals surface area (Å²) in [5.41, 5.74) is 1.07. The molecule has 0 spiro atoms. The van der Waals surface area contributed by atoms with E-state index < -0.39 is 0 Å². The fourth-order valence-electron chi connectivity index (χ4n) is 2.92. The maximum atomic E-state index is 12.5. The van der Waals surface area contributed by atoms with Gasteiger partial charge in [0, 0.05) is 25.1 Å². The van der Waals surface area contributed by atoms with E-state index in [1.807, 2.05) is 36.4 Å². The molecule has 5 heteroatoms. The summed E-state index contributed by atoms with van der Waals surface area (Å²) < 4.78 is 5.45.